The lowest BCUT2D eigenvalue weighted by atomic mass is 9.95. The number of amides is 1. The van der Waals surface area contributed by atoms with Crippen LogP contribution in [0.2, 0.25) is 0 Å². The maximum atomic E-state index is 12.3. The van der Waals surface area contributed by atoms with Crippen LogP contribution < -0.4 is 10.1 Å². The Labute approximate surface area is 187 Å². The first-order chi connectivity index (χ1) is 15.2. The van der Waals surface area contributed by atoms with Crippen molar-refractivity contribution < 1.29 is 9.53 Å². The van der Waals surface area contributed by atoms with Crippen molar-refractivity contribution >= 4 is 51.1 Å². The third-order valence-electron chi connectivity index (χ3n) is 4.89. The predicted octanol–water partition coefficient (Wildman–Crippen LogP) is 5.23. The van der Waals surface area contributed by atoms with E-state index in [1.54, 1.807) is 11.8 Å². The van der Waals surface area contributed by atoms with Crippen molar-refractivity contribution in [1.29, 1.82) is 0 Å². The van der Waals surface area contributed by atoms with Crippen molar-refractivity contribution in [3.63, 3.8) is 0 Å². The minimum Gasteiger partial charge on any atom is -0.484 e. The summed E-state index contributed by atoms with van der Waals surface area (Å²) in [6, 6.07) is 13.8. The highest BCUT2D eigenvalue weighted by Crippen LogP contribution is 2.41. The topological polar surface area (TPSA) is 76.5 Å². The van der Waals surface area contributed by atoms with Crippen LogP contribution in [0, 0.1) is 5.92 Å². The van der Waals surface area contributed by atoms with E-state index in [2.05, 4.69) is 26.6 Å². The molecule has 2 aliphatic rings. The molecule has 0 bridgehead atoms. The van der Waals surface area contributed by atoms with Crippen LogP contribution in [0.15, 0.2) is 86.7 Å². The zero-order chi connectivity index (χ0) is 21.0. The van der Waals surface area contributed by atoms with E-state index in [0.717, 1.165) is 27.2 Å². The maximum absolute atomic E-state index is 12.3. The number of nitrogens with zero attached hydrogens (tertiary/aromatic N) is 3. The summed E-state index contributed by atoms with van der Waals surface area (Å²) in [6.07, 6.45) is 11.0. The lowest BCUT2D eigenvalue weighted by Gasteiger charge is -2.22. The van der Waals surface area contributed by atoms with Crippen molar-refractivity contribution in [1.82, 2.24) is 10.2 Å². The Morgan fingerprint density at radius 3 is 3.00 bits per heavy atom. The molecule has 6 nitrogen and oxygen atoms in total. The molecule has 154 valence electrons. The molecule has 0 saturated carbocycles. The molecule has 1 aliphatic carbocycles. The molecule has 1 N–H and O–H groups in total. The fourth-order valence-corrected chi connectivity index (χ4v) is 5.35. The molecule has 8 heteroatoms. The van der Waals surface area contributed by atoms with Crippen LogP contribution in [-0.2, 0) is 4.79 Å². The number of carbonyl (C=O) groups is 1. The van der Waals surface area contributed by atoms with Gasteiger partial charge in [-0.25, -0.2) is 0 Å². The first-order valence-electron chi connectivity index (χ1n) is 9.78. The number of rotatable bonds is 6. The summed E-state index contributed by atoms with van der Waals surface area (Å²) in [5, 5.41) is 13.7. The van der Waals surface area contributed by atoms with E-state index in [-0.39, 0.29) is 18.4 Å². The van der Waals surface area contributed by atoms with Gasteiger partial charge in [-0.1, -0.05) is 65.6 Å². The van der Waals surface area contributed by atoms with Gasteiger partial charge in [0.2, 0.25) is 5.13 Å². The summed E-state index contributed by atoms with van der Waals surface area (Å²) in [7, 11) is 0. The van der Waals surface area contributed by atoms with Gasteiger partial charge in [0.1, 0.15) is 5.75 Å². The third-order valence-corrected chi connectivity index (χ3v) is 6.93. The van der Waals surface area contributed by atoms with Gasteiger partial charge < -0.3 is 4.74 Å². The van der Waals surface area contributed by atoms with Gasteiger partial charge in [0.25, 0.3) is 5.91 Å². The molecule has 1 amide bonds. The van der Waals surface area contributed by atoms with Crippen molar-refractivity contribution in [2.24, 2.45) is 10.9 Å². The van der Waals surface area contributed by atoms with E-state index in [9.17, 15) is 4.79 Å². The number of hydrogen-bond acceptors (Lipinski definition) is 7. The fourth-order valence-electron chi connectivity index (χ4n) is 3.39. The Balaban J connectivity index is 1.17. The Kier molecular flexibility index (Phi) is 5.64. The molecule has 0 fully saturated rings. The predicted molar refractivity (Wildman–Crippen MR) is 126 cm³/mol. The number of dihydropyridines is 1. The van der Waals surface area contributed by atoms with Crippen LogP contribution >= 0.6 is 23.1 Å². The summed E-state index contributed by atoms with van der Waals surface area (Å²) in [4.78, 5) is 17.9. The fraction of sp³-hybridized carbons (Fsp3) is 0.130. The Bertz CT molecular complexity index is 1260. The molecule has 0 spiro atoms. The van der Waals surface area contributed by atoms with Crippen LogP contribution in [0.1, 0.15) is 6.42 Å². The van der Waals surface area contributed by atoms with Gasteiger partial charge in [0, 0.05) is 22.7 Å². The van der Waals surface area contributed by atoms with Crippen LogP contribution in [0.4, 0.5) is 5.13 Å². The van der Waals surface area contributed by atoms with E-state index in [0.29, 0.717) is 10.9 Å². The second kappa shape index (κ2) is 8.87. The number of aromatic nitrogens is 2. The van der Waals surface area contributed by atoms with Crippen molar-refractivity contribution in [2.75, 3.05) is 11.9 Å². The Morgan fingerprint density at radius 2 is 2.06 bits per heavy atom. The summed E-state index contributed by atoms with van der Waals surface area (Å²) >= 11 is 2.92. The average molecular weight is 447 g/mol. The molecule has 2 heterocycles. The lowest BCUT2D eigenvalue weighted by molar-refractivity contribution is -0.118. The summed E-state index contributed by atoms with van der Waals surface area (Å²) < 4.78 is 6.42. The second-order valence-electron chi connectivity index (χ2n) is 6.98. The van der Waals surface area contributed by atoms with Crippen molar-refractivity contribution in [2.45, 2.75) is 10.8 Å². The molecule has 0 radical (unpaired) electrons. The average Bonchev–Trinajstić information content (AvgIpc) is 3.24. The number of thioether (sulfide) groups is 1. The summed E-state index contributed by atoms with van der Waals surface area (Å²) in [5.74, 6) is 0.642. The van der Waals surface area contributed by atoms with E-state index >= 15 is 0 Å². The zero-order valence-corrected chi connectivity index (χ0v) is 18.0. The van der Waals surface area contributed by atoms with Gasteiger partial charge >= 0.3 is 0 Å². The highest BCUT2D eigenvalue weighted by Gasteiger charge is 2.23. The largest absolute Gasteiger partial charge is 0.484 e. The number of carbonyl (C=O) groups excluding carboxylic acids is 1. The highest BCUT2D eigenvalue weighted by molar-refractivity contribution is 8.04. The van der Waals surface area contributed by atoms with Crippen molar-refractivity contribution in [3.8, 4) is 5.75 Å². The minimum atomic E-state index is -0.271. The van der Waals surface area contributed by atoms with Gasteiger partial charge in [0.15, 0.2) is 10.9 Å². The monoisotopic (exact) mass is 446 g/mol. The van der Waals surface area contributed by atoms with Crippen LogP contribution in [0.3, 0.4) is 0 Å². The molecule has 1 unspecified atom stereocenters. The van der Waals surface area contributed by atoms with Gasteiger partial charge in [-0.2, -0.15) is 0 Å². The zero-order valence-electron chi connectivity index (χ0n) is 16.4. The Morgan fingerprint density at radius 1 is 1.16 bits per heavy atom. The maximum Gasteiger partial charge on any atom is 0.264 e. The normalized spacial score (nSPS) is 17.1. The molecule has 1 atom stereocenters. The Hall–Kier alpha value is -3.23. The number of ether oxygens (including phenoxy) is 1. The molecule has 31 heavy (non-hydrogen) atoms. The lowest BCUT2D eigenvalue weighted by Crippen LogP contribution is -2.20. The number of hydrogen-bond donors (Lipinski definition) is 1. The third kappa shape index (κ3) is 4.60. The summed E-state index contributed by atoms with van der Waals surface area (Å²) in [6.45, 7) is -0.0927. The molecule has 2 aromatic carbocycles. The SMILES string of the molecule is O=C(COc1ccc2ccccc2c1)Nc1nnc(SC2=CC=NC3=CC=CCC32)s1. The molecule has 1 aromatic heterocycles. The second-order valence-corrected chi connectivity index (χ2v) is 9.27. The molecular formula is C23H18N4O2S2. The molecule has 0 saturated heterocycles. The van der Waals surface area contributed by atoms with E-state index in [1.807, 2.05) is 66.9 Å². The van der Waals surface area contributed by atoms with Gasteiger partial charge in [-0.05, 0) is 41.5 Å². The van der Waals surface area contributed by atoms with Crippen LogP contribution in [0.25, 0.3) is 10.8 Å². The van der Waals surface area contributed by atoms with Crippen molar-refractivity contribution in [3.05, 3.63) is 77.4 Å². The molecule has 1 aliphatic heterocycles. The number of fused-ring (bicyclic) bond motifs is 2. The minimum absolute atomic E-state index is 0.0927. The van der Waals surface area contributed by atoms with E-state index in [4.69, 9.17) is 4.74 Å². The number of benzene rings is 2. The van der Waals surface area contributed by atoms with Gasteiger partial charge in [-0.3, -0.25) is 15.1 Å². The highest BCUT2D eigenvalue weighted by atomic mass is 32.2. The molecule has 3 aromatic rings. The van der Waals surface area contributed by atoms with Gasteiger partial charge in [0.05, 0.1) is 0 Å². The molecule has 5 rings (SSSR count). The standard InChI is InChI=1S/C23H18N4O2S2/c28-21(14-29-17-10-9-15-5-1-2-6-16(15)13-17)25-22-26-27-23(31-22)30-20-11-12-24-19-8-4-3-7-18(19)20/h1-6,8-13,18H,7,14H2,(H,25,26,28). The van der Waals surface area contributed by atoms with E-state index in [1.165, 1.54) is 16.2 Å². The first kappa shape index (κ1) is 19.7. The van der Waals surface area contributed by atoms with Crippen LogP contribution in [0.5, 0.6) is 5.75 Å². The van der Waals surface area contributed by atoms with Gasteiger partial charge in [-0.15, -0.1) is 10.2 Å². The quantitative estimate of drug-likeness (QED) is 0.525. The van der Waals surface area contributed by atoms with E-state index < -0.39 is 0 Å². The number of aliphatic imine (C=N–C) groups is 1. The number of allylic oxidation sites excluding steroid dienone is 5. The summed E-state index contributed by atoms with van der Waals surface area (Å²) in [5.41, 5.74) is 1.07. The first-order valence-corrected chi connectivity index (χ1v) is 11.4. The molecular weight excluding hydrogens is 428 g/mol. The number of anilines is 1. The number of nitrogens with one attached hydrogen (secondary N) is 1. The smallest absolute Gasteiger partial charge is 0.264 e. The van der Waals surface area contributed by atoms with Crippen LogP contribution in [-0.4, -0.2) is 28.9 Å².